The van der Waals surface area contributed by atoms with Gasteiger partial charge in [0.1, 0.15) is 11.9 Å². The van der Waals surface area contributed by atoms with Gasteiger partial charge in [-0.25, -0.2) is 0 Å². The summed E-state index contributed by atoms with van der Waals surface area (Å²) in [4.78, 5) is 7.06. The lowest BCUT2D eigenvalue weighted by molar-refractivity contribution is 0.153. The third-order valence-corrected chi connectivity index (χ3v) is 14.4. The van der Waals surface area contributed by atoms with Gasteiger partial charge in [0.15, 0.2) is 0 Å². The summed E-state index contributed by atoms with van der Waals surface area (Å²) >= 11 is 2.01. The molecule has 1 saturated carbocycles. The number of thiophene rings is 1. The van der Waals surface area contributed by atoms with Crippen LogP contribution in [0.3, 0.4) is 0 Å². The first-order chi connectivity index (χ1) is 25.8. The highest BCUT2D eigenvalue weighted by molar-refractivity contribution is 7.20. The Balaban J connectivity index is 1.04. The molecule has 1 fully saturated rings. The van der Waals surface area contributed by atoms with Crippen molar-refractivity contribution in [3.05, 3.63) is 159 Å². The SMILES string of the molecule is C1=CCCC(C2=CC3=C(CC2)C2CC(N(C4=CC=CC5OC6=C(C=CCC6)C45)c4cccc5c6c(sc45)C=CCC6)CCC2N3c2ccccc2)=C1. The Morgan fingerprint density at radius 3 is 2.62 bits per heavy atom. The number of para-hydroxylation sites is 1. The normalized spacial score (nSPS) is 28.5. The van der Waals surface area contributed by atoms with Crippen LogP contribution in [0.4, 0.5) is 11.4 Å². The molecule has 0 spiro atoms. The zero-order valence-corrected chi connectivity index (χ0v) is 30.7. The number of fused-ring (bicyclic) bond motifs is 7. The topological polar surface area (TPSA) is 15.7 Å². The Labute approximate surface area is 312 Å². The van der Waals surface area contributed by atoms with Crippen LogP contribution in [0, 0.1) is 11.8 Å². The zero-order chi connectivity index (χ0) is 34.2. The maximum Gasteiger partial charge on any atom is 0.129 e. The Bertz CT molecular complexity index is 2250. The molecule has 6 aliphatic carbocycles. The van der Waals surface area contributed by atoms with Gasteiger partial charge in [0, 0.05) is 52.0 Å². The summed E-state index contributed by atoms with van der Waals surface area (Å²) in [6.45, 7) is 0. The van der Waals surface area contributed by atoms with E-state index in [1.165, 1.54) is 74.7 Å². The Morgan fingerprint density at radius 1 is 0.788 bits per heavy atom. The molecule has 0 radical (unpaired) electrons. The van der Waals surface area contributed by atoms with Crippen LogP contribution in [0.25, 0.3) is 16.2 Å². The molecule has 0 bridgehead atoms. The molecule has 2 aromatic carbocycles. The number of rotatable bonds is 5. The van der Waals surface area contributed by atoms with E-state index in [1.807, 2.05) is 11.3 Å². The van der Waals surface area contributed by atoms with E-state index in [0.717, 1.165) is 44.9 Å². The summed E-state index contributed by atoms with van der Waals surface area (Å²) in [6.07, 6.45) is 38.7. The van der Waals surface area contributed by atoms with Crippen LogP contribution in [0.5, 0.6) is 0 Å². The van der Waals surface area contributed by atoms with Gasteiger partial charge in [-0.3, -0.25) is 0 Å². The number of nitrogens with zero attached hydrogens (tertiary/aromatic N) is 2. The highest BCUT2D eigenvalue weighted by Gasteiger charge is 2.48. The molecule has 5 unspecified atom stereocenters. The highest BCUT2D eigenvalue weighted by atomic mass is 32.1. The van der Waals surface area contributed by atoms with Crippen LogP contribution in [0.15, 0.2) is 149 Å². The molecule has 52 heavy (non-hydrogen) atoms. The number of hydrogen-bond donors (Lipinski definition) is 0. The first-order valence-corrected chi connectivity index (χ1v) is 20.7. The second-order valence-electron chi connectivity index (χ2n) is 15.9. The predicted molar refractivity (Wildman–Crippen MR) is 217 cm³/mol. The van der Waals surface area contributed by atoms with Gasteiger partial charge in [0.05, 0.1) is 16.3 Å². The maximum atomic E-state index is 6.73. The number of ether oxygens (including phenoxy) is 1. The lowest BCUT2D eigenvalue weighted by Gasteiger charge is -2.45. The quantitative estimate of drug-likeness (QED) is 0.264. The van der Waals surface area contributed by atoms with Crippen molar-refractivity contribution in [3.63, 3.8) is 0 Å². The van der Waals surface area contributed by atoms with Crippen LogP contribution in [0.2, 0.25) is 0 Å². The molecule has 3 nitrogen and oxygen atoms in total. The van der Waals surface area contributed by atoms with Gasteiger partial charge in [-0.2, -0.15) is 0 Å². The van der Waals surface area contributed by atoms with E-state index < -0.39 is 0 Å². The minimum atomic E-state index is 0.0745. The fourth-order valence-corrected chi connectivity index (χ4v) is 12.2. The van der Waals surface area contributed by atoms with E-state index in [0.29, 0.717) is 18.0 Å². The fraction of sp³-hybridized carbons (Fsp3) is 0.333. The van der Waals surface area contributed by atoms with Crippen LogP contribution < -0.4 is 9.80 Å². The van der Waals surface area contributed by atoms with Gasteiger partial charge in [0.2, 0.25) is 0 Å². The lowest BCUT2D eigenvalue weighted by Crippen LogP contribution is -2.47. The van der Waals surface area contributed by atoms with Gasteiger partial charge in [-0.1, -0.05) is 72.9 Å². The van der Waals surface area contributed by atoms with E-state index in [9.17, 15) is 0 Å². The smallest absolute Gasteiger partial charge is 0.129 e. The number of allylic oxidation sites excluding steroid dienone is 12. The largest absolute Gasteiger partial charge is 0.489 e. The second kappa shape index (κ2) is 12.6. The first-order valence-electron chi connectivity index (χ1n) is 19.9. The number of hydrogen-bond acceptors (Lipinski definition) is 4. The van der Waals surface area contributed by atoms with E-state index in [4.69, 9.17) is 4.74 Å². The van der Waals surface area contributed by atoms with Crippen molar-refractivity contribution in [2.24, 2.45) is 11.8 Å². The molecule has 260 valence electrons. The highest BCUT2D eigenvalue weighted by Crippen LogP contribution is 2.54. The molecule has 3 heterocycles. The molecule has 3 aromatic rings. The molecule has 11 rings (SSSR count). The molecule has 0 saturated heterocycles. The van der Waals surface area contributed by atoms with Crippen LogP contribution >= 0.6 is 11.3 Å². The molecule has 8 aliphatic rings. The minimum Gasteiger partial charge on any atom is -0.489 e. The van der Waals surface area contributed by atoms with Crippen molar-refractivity contribution in [1.29, 1.82) is 0 Å². The van der Waals surface area contributed by atoms with Crippen LogP contribution in [-0.4, -0.2) is 18.2 Å². The van der Waals surface area contributed by atoms with Gasteiger partial charge >= 0.3 is 0 Å². The monoisotopic (exact) mass is 698 g/mol. The first kappa shape index (κ1) is 31.0. The van der Waals surface area contributed by atoms with Gasteiger partial charge < -0.3 is 14.5 Å². The Morgan fingerprint density at radius 2 is 1.69 bits per heavy atom. The molecule has 0 amide bonds. The van der Waals surface area contributed by atoms with Gasteiger partial charge in [-0.05, 0) is 134 Å². The average molecular weight is 699 g/mol. The van der Waals surface area contributed by atoms with E-state index in [-0.39, 0.29) is 12.0 Å². The summed E-state index contributed by atoms with van der Waals surface area (Å²) in [5, 5.41) is 1.46. The molecular weight excluding hydrogens is 653 g/mol. The predicted octanol–water partition coefficient (Wildman–Crippen LogP) is 12.0. The van der Waals surface area contributed by atoms with Crippen molar-refractivity contribution < 1.29 is 4.74 Å². The van der Waals surface area contributed by atoms with Crippen LogP contribution in [0.1, 0.15) is 74.6 Å². The zero-order valence-electron chi connectivity index (χ0n) is 29.8. The summed E-state index contributed by atoms with van der Waals surface area (Å²) in [7, 11) is 0. The fourth-order valence-electron chi connectivity index (χ4n) is 10.9. The number of aryl methyl sites for hydroxylation is 1. The van der Waals surface area contributed by atoms with E-state index in [1.54, 1.807) is 22.3 Å². The number of benzene rings is 2. The Hall–Kier alpha value is -4.54. The minimum absolute atomic E-state index is 0.0745. The van der Waals surface area contributed by atoms with Gasteiger partial charge in [-0.15, -0.1) is 11.3 Å². The molecule has 0 N–H and O–H groups in total. The summed E-state index contributed by atoms with van der Waals surface area (Å²) < 4.78 is 8.18. The third-order valence-electron chi connectivity index (χ3n) is 13.1. The van der Waals surface area contributed by atoms with E-state index >= 15 is 0 Å². The molecule has 1 aromatic heterocycles. The van der Waals surface area contributed by atoms with Crippen molar-refractivity contribution in [2.75, 3.05) is 9.80 Å². The summed E-state index contributed by atoms with van der Waals surface area (Å²) in [5.74, 6) is 1.98. The van der Waals surface area contributed by atoms with Gasteiger partial charge in [0.25, 0.3) is 0 Å². The maximum absolute atomic E-state index is 6.73. The summed E-state index contributed by atoms with van der Waals surface area (Å²) in [5.41, 5.74) is 13.4. The Kier molecular flexibility index (Phi) is 7.49. The molecule has 4 heteroatoms. The second-order valence-corrected chi connectivity index (χ2v) is 16.9. The third kappa shape index (κ3) is 4.90. The standard InChI is InChI=1S/C48H46N2OS/c1-3-13-31(14-4-1)32-25-27-35-39-30-34(26-28-40(39)49(43(35)29-32)33-15-5-2-6-16-33)50(41-20-12-23-45-47(41)38-18-7-9-22-44(38)51-45)42-21-11-19-37-36-17-8-10-24-46(36)52-48(37)42/h1-3,5-7,10-13,15-16,18-21,23-24,29,34,39-40,45,47H,4,8-9,14,17,22,25-28,30H2. The average Bonchev–Trinajstić information content (AvgIpc) is 3.88. The van der Waals surface area contributed by atoms with Crippen molar-refractivity contribution in [1.82, 2.24) is 0 Å². The van der Waals surface area contributed by atoms with Crippen LogP contribution in [-0.2, 0) is 11.2 Å². The van der Waals surface area contributed by atoms with Crippen molar-refractivity contribution in [2.45, 2.75) is 88.8 Å². The lowest BCUT2D eigenvalue weighted by atomic mass is 9.75. The molecular formula is C48H46N2OS. The van der Waals surface area contributed by atoms with Crippen molar-refractivity contribution in [3.8, 4) is 0 Å². The molecule has 2 aliphatic heterocycles. The van der Waals surface area contributed by atoms with Crippen molar-refractivity contribution >= 4 is 38.9 Å². The molecule has 5 atom stereocenters. The number of anilines is 2. The van der Waals surface area contributed by atoms with E-state index in [2.05, 4.69) is 125 Å². The summed E-state index contributed by atoms with van der Waals surface area (Å²) in [6, 6.07) is 19.3.